The molecular weight excluding hydrogens is 351 g/mol. The van der Waals surface area contributed by atoms with Crippen molar-refractivity contribution >= 4 is 44.6 Å². The Hall–Kier alpha value is -0.630. The average molecular weight is 365 g/mol. The lowest BCUT2D eigenvalue weighted by Crippen LogP contribution is -2.25. The number of benzene rings is 1. The Morgan fingerprint density at radius 1 is 1.24 bits per heavy atom. The molecule has 1 aromatic heterocycles. The van der Waals surface area contributed by atoms with Crippen molar-refractivity contribution < 1.29 is 8.42 Å². The summed E-state index contributed by atoms with van der Waals surface area (Å²) in [5.41, 5.74) is 6.33. The van der Waals surface area contributed by atoms with Gasteiger partial charge in [-0.15, -0.1) is 11.3 Å². The van der Waals surface area contributed by atoms with E-state index in [1.165, 1.54) is 11.3 Å². The largest absolute Gasteiger partial charge is 0.326 e. The first-order valence-electron chi connectivity index (χ1n) is 6.13. The number of nitrogens with one attached hydrogen (secondary N) is 1. The van der Waals surface area contributed by atoms with Crippen molar-refractivity contribution in [3.8, 4) is 0 Å². The van der Waals surface area contributed by atoms with Crippen LogP contribution in [0, 0.1) is 0 Å². The average Bonchev–Trinajstić information content (AvgIpc) is 2.91. The van der Waals surface area contributed by atoms with E-state index in [4.69, 9.17) is 28.9 Å². The molecular formula is C13H14Cl2N2O2S2. The molecule has 1 heterocycles. The summed E-state index contributed by atoms with van der Waals surface area (Å²) in [6, 6.07) is 6.74. The molecule has 8 heteroatoms. The predicted molar refractivity (Wildman–Crippen MR) is 87.6 cm³/mol. The van der Waals surface area contributed by atoms with Crippen LogP contribution in [-0.2, 0) is 23.0 Å². The Bertz CT molecular complexity index is 730. The van der Waals surface area contributed by atoms with E-state index in [2.05, 4.69) is 4.72 Å². The van der Waals surface area contributed by atoms with Crippen LogP contribution in [0.2, 0.25) is 10.0 Å². The molecule has 21 heavy (non-hydrogen) atoms. The molecule has 0 bridgehead atoms. The van der Waals surface area contributed by atoms with E-state index in [0.717, 1.165) is 10.4 Å². The summed E-state index contributed by atoms with van der Waals surface area (Å²) in [5.74, 6) is 0. The minimum atomic E-state index is -3.50. The second-order valence-corrected chi connectivity index (χ2v) is 7.94. The molecule has 0 radical (unpaired) electrons. The first-order valence-corrected chi connectivity index (χ1v) is 9.25. The maximum Gasteiger partial charge on any atom is 0.241 e. The number of thiophene rings is 1. The van der Waals surface area contributed by atoms with Crippen molar-refractivity contribution in [2.24, 2.45) is 5.73 Å². The van der Waals surface area contributed by atoms with E-state index in [-0.39, 0.29) is 11.4 Å². The van der Waals surface area contributed by atoms with Crippen molar-refractivity contribution in [1.29, 1.82) is 0 Å². The monoisotopic (exact) mass is 364 g/mol. The molecule has 0 aliphatic carbocycles. The molecule has 0 amide bonds. The molecule has 0 spiro atoms. The highest BCUT2D eigenvalue weighted by Crippen LogP contribution is 2.22. The van der Waals surface area contributed by atoms with Crippen molar-refractivity contribution in [3.05, 3.63) is 50.1 Å². The van der Waals surface area contributed by atoms with Gasteiger partial charge < -0.3 is 5.73 Å². The lowest BCUT2D eigenvalue weighted by atomic mass is 10.1. The smallest absolute Gasteiger partial charge is 0.241 e. The minimum absolute atomic E-state index is 0.246. The van der Waals surface area contributed by atoms with Crippen LogP contribution >= 0.6 is 34.5 Å². The lowest BCUT2D eigenvalue weighted by molar-refractivity contribution is 0.582. The maximum atomic E-state index is 12.1. The zero-order valence-electron chi connectivity index (χ0n) is 11.0. The van der Waals surface area contributed by atoms with Gasteiger partial charge in [-0.25, -0.2) is 13.1 Å². The number of hydrogen-bond donors (Lipinski definition) is 2. The Kier molecular flexibility index (Phi) is 5.65. The Balaban J connectivity index is 1.99. The first kappa shape index (κ1) is 16.7. The summed E-state index contributed by atoms with van der Waals surface area (Å²) in [4.78, 5) is 1.08. The van der Waals surface area contributed by atoms with Crippen LogP contribution in [0.15, 0.2) is 34.5 Å². The second-order valence-electron chi connectivity index (χ2n) is 4.34. The van der Waals surface area contributed by atoms with E-state index >= 15 is 0 Å². The van der Waals surface area contributed by atoms with Crippen LogP contribution in [0.3, 0.4) is 0 Å². The number of sulfonamides is 1. The van der Waals surface area contributed by atoms with Gasteiger partial charge in [0.1, 0.15) is 0 Å². The fourth-order valence-electron chi connectivity index (χ4n) is 1.74. The fraction of sp³-hybridized carbons (Fsp3) is 0.231. The quantitative estimate of drug-likeness (QED) is 0.827. The number of nitrogens with two attached hydrogens (primary N) is 1. The van der Waals surface area contributed by atoms with Gasteiger partial charge in [0.2, 0.25) is 10.0 Å². The van der Waals surface area contributed by atoms with Crippen LogP contribution in [0.5, 0.6) is 0 Å². The van der Waals surface area contributed by atoms with Gasteiger partial charge >= 0.3 is 0 Å². The summed E-state index contributed by atoms with van der Waals surface area (Å²) in [6.07, 6.45) is 0.489. The summed E-state index contributed by atoms with van der Waals surface area (Å²) in [5, 5.41) is 2.67. The fourth-order valence-corrected chi connectivity index (χ4v) is 4.43. The molecule has 3 N–H and O–H groups in total. The number of halogens is 2. The summed E-state index contributed by atoms with van der Waals surface area (Å²) in [6.45, 7) is 0.595. The van der Waals surface area contributed by atoms with Crippen molar-refractivity contribution in [2.45, 2.75) is 17.9 Å². The van der Waals surface area contributed by atoms with Gasteiger partial charge in [0, 0.05) is 33.4 Å². The molecule has 0 aliphatic heterocycles. The van der Waals surface area contributed by atoms with Gasteiger partial charge in [0.25, 0.3) is 0 Å². The second kappa shape index (κ2) is 7.09. The third-order valence-corrected chi connectivity index (χ3v) is 5.98. The molecule has 4 nitrogen and oxygen atoms in total. The third-order valence-electron chi connectivity index (χ3n) is 2.84. The number of hydrogen-bond acceptors (Lipinski definition) is 4. The zero-order chi connectivity index (χ0) is 15.5. The van der Waals surface area contributed by atoms with Crippen molar-refractivity contribution in [2.75, 3.05) is 6.54 Å². The molecule has 2 rings (SSSR count). The number of rotatable bonds is 6. The molecule has 0 saturated heterocycles. The van der Waals surface area contributed by atoms with Crippen LogP contribution in [0.1, 0.15) is 10.4 Å². The SMILES string of the molecule is NCc1cc(S(=O)(=O)NCCc2ccc(Cl)cc2Cl)cs1. The summed E-state index contributed by atoms with van der Waals surface area (Å²) in [7, 11) is -3.50. The van der Waals surface area contributed by atoms with Gasteiger partial charge in [0.15, 0.2) is 0 Å². The third kappa shape index (κ3) is 4.42. The summed E-state index contributed by atoms with van der Waals surface area (Å²) < 4.78 is 26.7. The van der Waals surface area contributed by atoms with Crippen LogP contribution < -0.4 is 10.5 Å². The standard InChI is InChI=1S/C13H14Cl2N2O2S2/c14-10-2-1-9(13(15)5-10)3-4-17-21(18,19)12-6-11(7-16)20-8-12/h1-2,5-6,8,17H,3-4,7,16H2. The topological polar surface area (TPSA) is 72.2 Å². The van der Waals surface area contributed by atoms with Gasteiger partial charge in [-0.3, -0.25) is 0 Å². The first-order chi connectivity index (χ1) is 9.92. The van der Waals surface area contributed by atoms with Crippen LogP contribution in [-0.4, -0.2) is 15.0 Å². The van der Waals surface area contributed by atoms with Gasteiger partial charge in [-0.05, 0) is 30.2 Å². The maximum absolute atomic E-state index is 12.1. The molecule has 0 unspecified atom stereocenters. The highest BCUT2D eigenvalue weighted by atomic mass is 35.5. The van der Waals surface area contributed by atoms with Crippen LogP contribution in [0.4, 0.5) is 0 Å². The van der Waals surface area contributed by atoms with E-state index < -0.39 is 10.0 Å². The molecule has 0 aliphatic rings. The molecule has 1 aromatic carbocycles. The van der Waals surface area contributed by atoms with E-state index in [1.807, 2.05) is 0 Å². The highest BCUT2D eigenvalue weighted by molar-refractivity contribution is 7.89. The molecule has 114 valence electrons. The Labute approximate surface area is 137 Å². The Morgan fingerprint density at radius 3 is 2.62 bits per heavy atom. The predicted octanol–water partition coefficient (Wildman–Crippen LogP) is 3.03. The lowest BCUT2D eigenvalue weighted by Gasteiger charge is -2.07. The van der Waals surface area contributed by atoms with Gasteiger partial charge in [0.05, 0.1) is 4.90 Å². The zero-order valence-corrected chi connectivity index (χ0v) is 14.1. The molecule has 2 aromatic rings. The van der Waals surface area contributed by atoms with Crippen molar-refractivity contribution in [1.82, 2.24) is 4.72 Å². The molecule has 0 saturated carbocycles. The van der Waals surface area contributed by atoms with Crippen molar-refractivity contribution in [3.63, 3.8) is 0 Å². The highest BCUT2D eigenvalue weighted by Gasteiger charge is 2.15. The van der Waals surface area contributed by atoms with E-state index in [9.17, 15) is 8.42 Å². The minimum Gasteiger partial charge on any atom is -0.326 e. The van der Waals surface area contributed by atoms with Crippen LogP contribution in [0.25, 0.3) is 0 Å². The molecule has 0 atom stereocenters. The van der Waals surface area contributed by atoms with E-state index in [0.29, 0.717) is 23.0 Å². The molecule has 0 fully saturated rings. The van der Waals surface area contributed by atoms with E-state index in [1.54, 1.807) is 29.6 Å². The summed E-state index contributed by atoms with van der Waals surface area (Å²) >= 11 is 13.2. The Morgan fingerprint density at radius 2 is 2.00 bits per heavy atom. The normalized spacial score (nSPS) is 11.8. The van der Waals surface area contributed by atoms with Gasteiger partial charge in [-0.2, -0.15) is 0 Å². The van der Waals surface area contributed by atoms with Gasteiger partial charge in [-0.1, -0.05) is 29.3 Å².